The fraction of sp³-hybridized carbons (Fsp3) is 0.538. The molecule has 1 unspecified atom stereocenters. The van der Waals surface area contributed by atoms with Gasteiger partial charge in [-0.2, -0.15) is 0 Å². The Morgan fingerprint density at radius 3 is 2.74 bits per heavy atom. The molecule has 106 valence electrons. The Morgan fingerprint density at radius 1 is 1.47 bits per heavy atom. The lowest BCUT2D eigenvalue weighted by atomic mass is 9.82. The van der Waals surface area contributed by atoms with Gasteiger partial charge >= 0.3 is 0 Å². The van der Waals surface area contributed by atoms with Gasteiger partial charge in [0, 0.05) is 43.2 Å². The molecular formula is C13H18BrFN2O2. The standard InChI is InChI=1S/C13H18BrFN2O2/c1-18-13(4-6-19-7-5-13)12(17-16)10-8-9(14)2-3-11(10)15/h2-3,8,12,17H,4-7,16H2,1H3. The Hall–Kier alpha value is -0.530. The fourth-order valence-corrected chi connectivity index (χ4v) is 2.97. The number of rotatable bonds is 4. The first-order valence-corrected chi connectivity index (χ1v) is 6.96. The number of nitrogens with two attached hydrogens (primary N) is 1. The number of hydrogen-bond acceptors (Lipinski definition) is 4. The minimum Gasteiger partial charge on any atom is -0.381 e. The molecular weight excluding hydrogens is 315 g/mol. The number of nitrogens with one attached hydrogen (secondary N) is 1. The van der Waals surface area contributed by atoms with E-state index in [1.165, 1.54) is 6.07 Å². The van der Waals surface area contributed by atoms with E-state index in [-0.39, 0.29) is 5.82 Å². The van der Waals surface area contributed by atoms with Gasteiger partial charge < -0.3 is 9.47 Å². The first kappa shape index (κ1) is 14.9. The molecule has 4 nitrogen and oxygen atoms in total. The molecule has 1 atom stereocenters. The van der Waals surface area contributed by atoms with E-state index >= 15 is 0 Å². The molecule has 0 saturated carbocycles. The SMILES string of the molecule is COC1(C(NN)c2cc(Br)ccc2F)CCOCC1. The Bertz CT molecular complexity index is 439. The molecule has 0 aliphatic carbocycles. The van der Waals surface area contributed by atoms with Crippen LogP contribution in [0, 0.1) is 5.82 Å². The molecule has 6 heteroatoms. The zero-order valence-electron chi connectivity index (χ0n) is 10.8. The Morgan fingerprint density at radius 2 is 2.16 bits per heavy atom. The normalized spacial score (nSPS) is 20.2. The van der Waals surface area contributed by atoms with Crippen molar-refractivity contribution in [1.82, 2.24) is 5.43 Å². The highest BCUT2D eigenvalue weighted by Gasteiger charge is 2.42. The van der Waals surface area contributed by atoms with Crippen LogP contribution in [0.1, 0.15) is 24.4 Å². The third kappa shape index (κ3) is 2.98. The molecule has 0 aromatic heterocycles. The van der Waals surface area contributed by atoms with E-state index < -0.39 is 11.6 Å². The lowest BCUT2D eigenvalue weighted by molar-refractivity contribution is -0.112. The second-order valence-electron chi connectivity index (χ2n) is 4.65. The summed E-state index contributed by atoms with van der Waals surface area (Å²) in [6.07, 6.45) is 1.34. The summed E-state index contributed by atoms with van der Waals surface area (Å²) in [5, 5.41) is 0. The average molecular weight is 333 g/mol. The highest BCUT2D eigenvalue weighted by Crippen LogP contribution is 2.38. The van der Waals surface area contributed by atoms with Crippen molar-refractivity contribution in [3.05, 3.63) is 34.1 Å². The number of hydrazine groups is 1. The molecule has 1 aromatic carbocycles. The van der Waals surface area contributed by atoms with Gasteiger partial charge in [0.05, 0.1) is 11.6 Å². The van der Waals surface area contributed by atoms with Gasteiger partial charge in [0.1, 0.15) is 5.82 Å². The van der Waals surface area contributed by atoms with Crippen molar-refractivity contribution in [1.29, 1.82) is 0 Å². The summed E-state index contributed by atoms with van der Waals surface area (Å²) in [5.41, 5.74) is 2.66. The number of halogens is 2. The summed E-state index contributed by atoms with van der Waals surface area (Å²) in [4.78, 5) is 0. The topological polar surface area (TPSA) is 56.5 Å². The van der Waals surface area contributed by atoms with Crippen LogP contribution in [-0.4, -0.2) is 25.9 Å². The Labute approximate surface area is 120 Å². The van der Waals surface area contributed by atoms with Gasteiger partial charge in [-0.15, -0.1) is 0 Å². The minimum atomic E-state index is -0.547. The molecule has 1 fully saturated rings. The van der Waals surface area contributed by atoms with Crippen molar-refractivity contribution in [3.63, 3.8) is 0 Å². The number of hydrogen-bond donors (Lipinski definition) is 2. The summed E-state index contributed by atoms with van der Waals surface area (Å²) in [6, 6.07) is 4.40. The van der Waals surface area contributed by atoms with Crippen molar-refractivity contribution in [2.45, 2.75) is 24.5 Å². The van der Waals surface area contributed by atoms with Gasteiger partial charge in [0.25, 0.3) is 0 Å². The van der Waals surface area contributed by atoms with E-state index in [1.807, 2.05) is 0 Å². The van der Waals surface area contributed by atoms with Crippen LogP contribution in [0.15, 0.2) is 22.7 Å². The van der Waals surface area contributed by atoms with Crippen molar-refractivity contribution in [2.24, 2.45) is 5.84 Å². The van der Waals surface area contributed by atoms with Gasteiger partial charge in [-0.25, -0.2) is 9.82 Å². The summed E-state index contributed by atoms with van der Waals surface area (Å²) in [6.45, 7) is 1.17. The van der Waals surface area contributed by atoms with Crippen molar-refractivity contribution < 1.29 is 13.9 Å². The van der Waals surface area contributed by atoms with E-state index in [0.29, 0.717) is 31.6 Å². The third-order valence-electron chi connectivity index (χ3n) is 3.71. The molecule has 1 saturated heterocycles. The van der Waals surface area contributed by atoms with E-state index in [9.17, 15) is 4.39 Å². The molecule has 0 radical (unpaired) electrons. The van der Waals surface area contributed by atoms with E-state index in [4.69, 9.17) is 15.3 Å². The zero-order valence-corrected chi connectivity index (χ0v) is 12.4. The van der Waals surface area contributed by atoms with Crippen LogP contribution in [-0.2, 0) is 9.47 Å². The van der Waals surface area contributed by atoms with Gasteiger partial charge in [0.2, 0.25) is 0 Å². The van der Waals surface area contributed by atoms with E-state index in [1.54, 1.807) is 19.2 Å². The van der Waals surface area contributed by atoms with Crippen LogP contribution in [0.4, 0.5) is 4.39 Å². The maximum atomic E-state index is 14.1. The molecule has 2 rings (SSSR count). The number of ether oxygens (including phenoxy) is 2. The monoisotopic (exact) mass is 332 g/mol. The van der Waals surface area contributed by atoms with Crippen molar-refractivity contribution in [3.8, 4) is 0 Å². The fourth-order valence-electron chi connectivity index (χ4n) is 2.59. The maximum Gasteiger partial charge on any atom is 0.128 e. The first-order chi connectivity index (χ1) is 9.13. The first-order valence-electron chi connectivity index (χ1n) is 6.17. The van der Waals surface area contributed by atoms with Crippen LogP contribution in [0.3, 0.4) is 0 Å². The lowest BCUT2D eigenvalue weighted by Gasteiger charge is -2.42. The second-order valence-corrected chi connectivity index (χ2v) is 5.56. The summed E-state index contributed by atoms with van der Waals surface area (Å²) in [5.74, 6) is 5.37. The maximum absolute atomic E-state index is 14.1. The Balaban J connectivity index is 2.39. The van der Waals surface area contributed by atoms with Gasteiger partial charge in [-0.05, 0) is 18.2 Å². The molecule has 3 N–H and O–H groups in total. The number of methoxy groups -OCH3 is 1. The summed E-state index contributed by atoms with van der Waals surface area (Å²) >= 11 is 3.36. The van der Waals surface area contributed by atoms with E-state index in [2.05, 4.69) is 21.4 Å². The van der Waals surface area contributed by atoms with Crippen LogP contribution in [0.2, 0.25) is 0 Å². The van der Waals surface area contributed by atoms with Crippen LogP contribution in [0.25, 0.3) is 0 Å². The molecule has 1 aromatic rings. The smallest absolute Gasteiger partial charge is 0.128 e. The average Bonchev–Trinajstić information content (AvgIpc) is 2.44. The van der Waals surface area contributed by atoms with Crippen molar-refractivity contribution >= 4 is 15.9 Å². The largest absolute Gasteiger partial charge is 0.381 e. The van der Waals surface area contributed by atoms with E-state index in [0.717, 1.165) is 4.47 Å². The molecule has 19 heavy (non-hydrogen) atoms. The van der Waals surface area contributed by atoms with Gasteiger partial charge in [-0.3, -0.25) is 5.84 Å². The Kier molecular flexibility index (Phi) is 4.92. The third-order valence-corrected chi connectivity index (χ3v) is 4.20. The second kappa shape index (κ2) is 6.28. The highest BCUT2D eigenvalue weighted by molar-refractivity contribution is 9.10. The number of benzene rings is 1. The molecule has 1 heterocycles. The van der Waals surface area contributed by atoms with Gasteiger partial charge in [0.15, 0.2) is 0 Å². The van der Waals surface area contributed by atoms with Crippen LogP contribution in [0.5, 0.6) is 0 Å². The molecule has 1 aliphatic heterocycles. The predicted octanol–water partition coefficient (Wildman–Crippen LogP) is 2.29. The molecule has 0 spiro atoms. The molecule has 1 aliphatic rings. The highest BCUT2D eigenvalue weighted by atomic mass is 79.9. The molecule has 0 bridgehead atoms. The minimum absolute atomic E-state index is 0.297. The van der Waals surface area contributed by atoms with Gasteiger partial charge in [-0.1, -0.05) is 15.9 Å². The van der Waals surface area contributed by atoms with Crippen LogP contribution >= 0.6 is 15.9 Å². The molecule has 0 amide bonds. The summed E-state index contributed by atoms with van der Waals surface area (Å²) < 4.78 is 25.9. The quantitative estimate of drug-likeness (QED) is 0.656. The predicted molar refractivity (Wildman–Crippen MR) is 74.0 cm³/mol. The lowest BCUT2D eigenvalue weighted by Crippen LogP contribution is -2.51. The zero-order chi connectivity index (χ0) is 13.9. The summed E-state index contributed by atoms with van der Waals surface area (Å²) in [7, 11) is 1.63. The van der Waals surface area contributed by atoms with Crippen LogP contribution < -0.4 is 11.3 Å². The van der Waals surface area contributed by atoms with Crippen molar-refractivity contribution in [2.75, 3.05) is 20.3 Å².